The van der Waals surface area contributed by atoms with Crippen LogP contribution < -0.4 is 0 Å². The molecule has 64 valence electrons. The first-order valence-corrected chi connectivity index (χ1v) is 3.93. The summed E-state index contributed by atoms with van der Waals surface area (Å²) in [5, 5.41) is 8.67. The van der Waals surface area contributed by atoms with Crippen molar-refractivity contribution in [3.8, 4) is 0 Å². The summed E-state index contributed by atoms with van der Waals surface area (Å²) in [5.41, 5.74) is 0.0712. The van der Waals surface area contributed by atoms with Gasteiger partial charge in [0.15, 0.2) is 12.1 Å². The van der Waals surface area contributed by atoms with Crippen molar-refractivity contribution in [3.63, 3.8) is 0 Å². The minimum absolute atomic E-state index is 0.0712. The number of hydrogen-bond donors (Lipinski definition) is 1. The van der Waals surface area contributed by atoms with Crippen LogP contribution in [0.5, 0.6) is 0 Å². The van der Waals surface area contributed by atoms with Crippen molar-refractivity contribution in [2.24, 2.45) is 5.92 Å². The normalized spacial score (nSPS) is 16.3. The van der Waals surface area contributed by atoms with Crippen LogP contribution in [0.1, 0.15) is 29.1 Å². The monoisotopic (exact) mass is 167 g/mol. The Morgan fingerprint density at radius 1 is 1.75 bits per heavy atom. The summed E-state index contributed by atoms with van der Waals surface area (Å²) in [6, 6.07) is 0. The minimum atomic E-state index is -1.00. The number of aromatic carboxylic acids is 1. The maximum absolute atomic E-state index is 10.6. The van der Waals surface area contributed by atoms with Crippen molar-refractivity contribution >= 4 is 5.97 Å². The smallest absolute Gasteiger partial charge is 0.358 e. The molecule has 1 N–H and O–H groups in total. The number of rotatable bonds is 3. The molecule has 4 nitrogen and oxygen atoms in total. The van der Waals surface area contributed by atoms with Gasteiger partial charge in [0, 0.05) is 6.42 Å². The molecule has 0 aliphatic heterocycles. The van der Waals surface area contributed by atoms with E-state index in [1.807, 2.05) is 0 Å². The van der Waals surface area contributed by atoms with Gasteiger partial charge in [-0.2, -0.15) is 0 Å². The van der Waals surface area contributed by atoms with Crippen molar-refractivity contribution < 1.29 is 14.3 Å². The number of oxazole rings is 1. The molecule has 0 amide bonds. The zero-order valence-electron chi connectivity index (χ0n) is 6.49. The lowest BCUT2D eigenvalue weighted by Crippen LogP contribution is -2.01. The minimum Gasteiger partial charge on any atom is -0.476 e. The van der Waals surface area contributed by atoms with Gasteiger partial charge in [0.2, 0.25) is 0 Å². The van der Waals surface area contributed by atoms with E-state index in [0.717, 1.165) is 6.42 Å². The quantitative estimate of drug-likeness (QED) is 0.737. The summed E-state index contributed by atoms with van der Waals surface area (Å²) in [7, 11) is 0. The Bertz CT molecular complexity index is 301. The van der Waals surface area contributed by atoms with Crippen LogP contribution in [0.2, 0.25) is 0 Å². The zero-order valence-corrected chi connectivity index (χ0v) is 6.49. The summed E-state index contributed by atoms with van der Waals surface area (Å²) in [6.07, 6.45) is 4.28. The Morgan fingerprint density at radius 3 is 3.08 bits per heavy atom. The summed E-state index contributed by atoms with van der Waals surface area (Å²) in [4.78, 5) is 14.2. The first kappa shape index (κ1) is 7.34. The van der Waals surface area contributed by atoms with Gasteiger partial charge < -0.3 is 9.52 Å². The van der Waals surface area contributed by atoms with E-state index < -0.39 is 5.97 Å². The second kappa shape index (κ2) is 2.62. The molecule has 0 unspecified atom stereocenters. The van der Waals surface area contributed by atoms with Crippen molar-refractivity contribution in [3.05, 3.63) is 17.8 Å². The zero-order chi connectivity index (χ0) is 8.55. The SMILES string of the molecule is O=C(O)c1ncoc1CC1CC1. The third-order valence-corrected chi connectivity index (χ3v) is 2.01. The Labute approximate surface area is 69.2 Å². The fourth-order valence-electron chi connectivity index (χ4n) is 1.17. The van der Waals surface area contributed by atoms with Gasteiger partial charge in [0.25, 0.3) is 0 Å². The van der Waals surface area contributed by atoms with Crippen LogP contribution in [0.3, 0.4) is 0 Å². The van der Waals surface area contributed by atoms with Crippen LogP contribution in [0.25, 0.3) is 0 Å². The van der Waals surface area contributed by atoms with Gasteiger partial charge in [-0.05, 0) is 18.8 Å². The Kier molecular flexibility index (Phi) is 1.60. The summed E-state index contributed by atoms with van der Waals surface area (Å²) in [6.45, 7) is 0. The van der Waals surface area contributed by atoms with Crippen LogP contribution in [0, 0.1) is 5.92 Å². The largest absolute Gasteiger partial charge is 0.476 e. The van der Waals surface area contributed by atoms with Gasteiger partial charge in [-0.25, -0.2) is 9.78 Å². The highest BCUT2D eigenvalue weighted by molar-refractivity contribution is 5.86. The Hall–Kier alpha value is -1.32. The lowest BCUT2D eigenvalue weighted by atomic mass is 10.2. The second-order valence-corrected chi connectivity index (χ2v) is 3.08. The summed E-state index contributed by atoms with van der Waals surface area (Å²) < 4.78 is 4.98. The third kappa shape index (κ3) is 1.32. The van der Waals surface area contributed by atoms with E-state index in [0.29, 0.717) is 11.7 Å². The predicted molar refractivity (Wildman–Crippen MR) is 39.9 cm³/mol. The molecule has 12 heavy (non-hydrogen) atoms. The van der Waals surface area contributed by atoms with Gasteiger partial charge >= 0.3 is 5.97 Å². The molecule has 0 bridgehead atoms. The summed E-state index contributed by atoms with van der Waals surface area (Å²) >= 11 is 0. The molecule has 0 spiro atoms. The highest BCUT2D eigenvalue weighted by atomic mass is 16.4. The molecule has 1 fully saturated rings. The van der Waals surface area contributed by atoms with E-state index >= 15 is 0 Å². The number of carbonyl (C=O) groups is 1. The third-order valence-electron chi connectivity index (χ3n) is 2.01. The second-order valence-electron chi connectivity index (χ2n) is 3.08. The van der Waals surface area contributed by atoms with E-state index in [1.165, 1.54) is 19.2 Å². The topological polar surface area (TPSA) is 63.3 Å². The molecule has 0 radical (unpaired) electrons. The van der Waals surface area contributed by atoms with Gasteiger partial charge in [-0.1, -0.05) is 0 Å². The maximum atomic E-state index is 10.6. The van der Waals surface area contributed by atoms with Gasteiger partial charge in [0.1, 0.15) is 5.76 Å². The van der Waals surface area contributed by atoms with E-state index in [2.05, 4.69) is 4.98 Å². The molecular formula is C8H9NO3. The van der Waals surface area contributed by atoms with E-state index in [4.69, 9.17) is 9.52 Å². The number of carboxylic acids is 1. The van der Waals surface area contributed by atoms with Gasteiger partial charge in [-0.3, -0.25) is 0 Å². The molecule has 1 heterocycles. The van der Waals surface area contributed by atoms with Crippen molar-refractivity contribution in [1.29, 1.82) is 0 Å². The van der Waals surface area contributed by atoms with Crippen LogP contribution >= 0.6 is 0 Å². The maximum Gasteiger partial charge on any atom is 0.358 e. The fraction of sp³-hybridized carbons (Fsp3) is 0.500. The van der Waals surface area contributed by atoms with Crippen LogP contribution in [0.4, 0.5) is 0 Å². The van der Waals surface area contributed by atoms with E-state index in [9.17, 15) is 4.79 Å². The average molecular weight is 167 g/mol. The number of nitrogens with zero attached hydrogens (tertiary/aromatic N) is 1. The fourth-order valence-corrected chi connectivity index (χ4v) is 1.17. The Morgan fingerprint density at radius 2 is 2.50 bits per heavy atom. The molecular weight excluding hydrogens is 158 g/mol. The van der Waals surface area contributed by atoms with Crippen molar-refractivity contribution in [2.75, 3.05) is 0 Å². The van der Waals surface area contributed by atoms with Crippen LogP contribution in [-0.4, -0.2) is 16.1 Å². The lowest BCUT2D eigenvalue weighted by molar-refractivity contribution is 0.0688. The molecule has 4 heteroatoms. The molecule has 1 aliphatic rings. The highest BCUT2D eigenvalue weighted by Crippen LogP contribution is 2.33. The molecule has 1 aromatic rings. The van der Waals surface area contributed by atoms with Crippen molar-refractivity contribution in [2.45, 2.75) is 19.3 Å². The van der Waals surface area contributed by atoms with Crippen molar-refractivity contribution in [1.82, 2.24) is 4.98 Å². The molecule has 1 aromatic heterocycles. The number of hydrogen-bond acceptors (Lipinski definition) is 3. The number of aromatic nitrogens is 1. The van der Waals surface area contributed by atoms with Gasteiger partial charge in [-0.15, -0.1) is 0 Å². The van der Waals surface area contributed by atoms with E-state index in [-0.39, 0.29) is 5.69 Å². The molecule has 1 aliphatic carbocycles. The van der Waals surface area contributed by atoms with Gasteiger partial charge in [0.05, 0.1) is 0 Å². The molecule has 2 rings (SSSR count). The first-order chi connectivity index (χ1) is 5.77. The van der Waals surface area contributed by atoms with Crippen LogP contribution in [-0.2, 0) is 6.42 Å². The van der Waals surface area contributed by atoms with Crippen LogP contribution in [0.15, 0.2) is 10.8 Å². The Balaban J connectivity index is 2.17. The predicted octanol–water partition coefficient (Wildman–Crippen LogP) is 1.33. The average Bonchev–Trinajstić information content (AvgIpc) is 2.66. The summed E-state index contributed by atoms with van der Waals surface area (Å²) in [5.74, 6) is 0.139. The molecule has 0 atom stereocenters. The standard InChI is InChI=1S/C8H9NO3/c10-8(11)7-6(12-4-9-7)3-5-1-2-5/h4-5H,1-3H2,(H,10,11). The molecule has 0 saturated heterocycles. The molecule has 0 aromatic carbocycles. The molecule has 1 saturated carbocycles. The van der Waals surface area contributed by atoms with E-state index in [1.54, 1.807) is 0 Å². The first-order valence-electron chi connectivity index (χ1n) is 3.93. The highest BCUT2D eigenvalue weighted by Gasteiger charge is 2.26. The number of carboxylic acid groups (broad SMARTS) is 1. The lowest BCUT2D eigenvalue weighted by Gasteiger charge is -1.93.